The zero-order chi connectivity index (χ0) is 14.4. The molecule has 0 radical (unpaired) electrons. The molecule has 4 nitrogen and oxygen atoms in total. The van der Waals surface area contributed by atoms with Gasteiger partial charge in [-0.15, -0.1) is 0 Å². The van der Waals surface area contributed by atoms with Crippen LogP contribution in [0, 0.1) is 5.82 Å². The lowest BCUT2D eigenvalue weighted by Crippen LogP contribution is -2.39. The topological polar surface area (TPSA) is 55.6 Å². The Morgan fingerprint density at radius 1 is 1.47 bits per heavy atom. The van der Waals surface area contributed by atoms with Crippen molar-refractivity contribution in [1.29, 1.82) is 0 Å². The number of nitrogens with two attached hydrogens (primary N) is 1. The molecule has 0 aliphatic rings. The largest absolute Gasteiger partial charge is 0.496 e. The average molecular weight is 268 g/mol. The number of benzene rings is 1. The number of carbonyl (C=O) groups excluding carboxylic acids is 1. The molecule has 0 aliphatic carbocycles. The van der Waals surface area contributed by atoms with E-state index in [-0.39, 0.29) is 23.3 Å². The van der Waals surface area contributed by atoms with Gasteiger partial charge in [-0.05, 0) is 38.9 Å². The fraction of sp³-hybridized carbons (Fsp3) is 0.500. The lowest BCUT2D eigenvalue weighted by molar-refractivity contribution is 0.0696. The summed E-state index contributed by atoms with van der Waals surface area (Å²) in [6, 6.07) is 4.34. The minimum Gasteiger partial charge on any atom is -0.496 e. The Morgan fingerprint density at radius 2 is 2.16 bits per heavy atom. The molecule has 0 bridgehead atoms. The molecule has 0 aliphatic heterocycles. The summed E-state index contributed by atoms with van der Waals surface area (Å²) in [5.74, 6) is -0.676. The SMILES string of the molecule is COc1cccc(F)c1C(=O)N(CCCN)C(C)C. The van der Waals surface area contributed by atoms with Crippen molar-refractivity contribution < 1.29 is 13.9 Å². The van der Waals surface area contributed by atoms with E-state index in [0.717, 1.165) is 0 Å². The molecule has 1 aromatic carbocycles. The van der Waals surface area contributed by atoms with Gasteiger partial charge < -0.3 is 15.4 Å². The smallest absolute Gasteiger partial charge is 0.260 e. The van der Waals surface area contributed by atoms with Gasteiger partial charge in [0.25, 0.3) is 5.91 Å². The van der Waals surface area contributed by atoms with Gasteiger partial charge in [-0.2, -0.15) is 0 Å². The number of amides is 1. The summed E-state index contributed by atoms with van der Waals surface area (Å²) in [5.41, 5.74) is 5.45. The number of halogens is 1. The van der Waals surface area contributed by atoms with E-state index in [9.17, 15) is 9.18 Å². The van der Waals surface area contributed by atoms with Crippen LogP contribution in [0.4, 0.5) is 4.39 Å². The highest BCUT2D eigenvalue weighted by molar-refractivity contribution is 5.97. The molecule has 5 heteroatoms. The third kappa shape index (κ3) is 3.67. The third-order valence-electron chi connectivity index (χ3n) is 2.90. The lowest BCUT2D eigenvalue weighted by atomic mass is 10.1. The first-order valence-electron chi connectivity index (χ1n) is 6.36. The second kappa shape index (κ2) is 7.09. The summed E-state index contributed by atoms with van der Waals surface area (Å²) in [7, 11) is 1.42. The number of hydrogen-bond donors (Lipinski definition) is 1. The van der Waals surface area contributed by atoms with E-state index in [4.69, 9.17) is 10.5 Å². The summed E-state index contributed by atoms with van der Waals surface area (Å²) in [6.07, 6.45) is 0.681. The molecule has 0 atom stereocenters. The van der Waals surface area contributed by atoms with E-state index in [2.05, 4.69) is 0 Å². The van der Waals surface area contributed by atoms with Crippen molar-refractivity contribution in [3.05, 3.63) is 29.6 Å². The van der Waals surface area contributed by atoms with Crippen LogP contribution in [0.2, 0.25) is 0 Å². The third-order valence-corrected chi connectivity index (χ3v) is 2.90. The predicted molar refractivity (Wildman–Crippen MR) is 72.8 cm³/mol. The highest BCUT2D eigenvalue weighted by Crippen LogP contribution is 2.23. The van der Waals surface area contributed by atoms with Gasteiger partial charge >= 0.3 is 0 Å². The predicted octanol–water partition coefficient (Wildman–Crippen LogP) is 2.03. The first kappa shape index (κ1) is 15.4. The van der Waals surface area contributed by atoms with Crippen molar-refractivity contribution in [1.82, 2.24) is 4.90 Å². The molecule has 0 unspecified atom stereocenters. The maximum Gasteiger partial charge on any atom is 0.260 e. The molecular weight excluding hydrogens is 247 g/mol. The van der Waals surface area contributed by atoms with Gasteiger partial charge in [0.1, 0.15) is 17.1 Å². The first-order valence-corrected chi connectivity index (χ1v) is 6.36. The number of rotatable bonds is 6. The minimum atomic E-state index is -0.567. The van der Waals surface area contributed by atoms with Crippen molar-refractivity contribution in [3.8, 4) is 5.75 Å². The highest BCUT2D eigenvalue weighted by Gasteiger charge is 2.24. The summed E-state index contributed by atoms with van der Waals surface area (Å²) in [6.45, 7) is 4.78. The van der Waals surface area contributed by atoms with Crippen LogP contribution in [0.15, 0.2) is 18.2 Å². The lowest BCUT2D eigenvalue weighted by Gasteiger charge is -2.27. The average Bonchev–Trinajstić information content (AvgIpc) is 2.38. The summed E-state index contributed by atoms with van der Waals surface area (Å²) in [5, 5.41) is 0. The number of methoxy groups -OCH3 is 1. The Hall–Kier alpha value is -1.62. The Morgan fingerprint density at radius 3 is 2.68 bits per heavy atom. The maximum atomic E-state index is 13.9. The molecule has 1 rings (SSSR count). The van der Waals surface area contributed by atoms with Gasteiger partial charge in [0.2, 0.25) is 0 Å². The Bertz CT molecular complexity index is 435. The van der Waals surface area contributed by atoms with Gasteiger partial charge in [-0.3, -0.25) is 4.79 Å². The molecule has 0 saturated carbocycles. The minimum absolute atomic E-state index is 0.0179. The van der Waals surface area contributed by atoms with E-state index >= 15 is 0 Å². The summed E-state index contributed by atoms with van der Waals surface area (Å²) in [4.78, 5) is 14.1. The Balaban J connectivity index is 3.09. The molecule has 2 N–H and O–H groups in total. The van der Waals surface area contributed by atoms with Crippen LogP contribution < -0.4 is 10.5 Å². The van der Waals surface area contributed by atoms with Crippen LogP contribution in [-0.4, -0.2) is 37.0 Å². The number of carbonyl (C=O) groups is 1. The molecule has 1 aromatic rings. The van der Waals surface area contributed by atoms with E-state index in [1.54, 1.807) is 11.0 Å². The molecular formula is C14H21FN2O2. The molecule has 0 aromatic heterocycles. The molecule has 0 fully saturated rings. The zero-order valence-electron chi connectivity index (χ0n) is 11.6. The number of nitrogens with zero attached hydrogens (tertiary/aromatic N) is 1. The van der Waals surface area contributed by atoms with E-state index in [1.165, 1.54) is 19.2 Å². The monoisotopic (exact) mass is 268 g/mol. The quantitative estimate of drug-likeness (QED) is 0.859. The standard InChI is InChI=1S/C14H21FN2O2/c1-10(2)17(9-5-8-16)14(18)13-11(15)6-4-7-12(13)19-3/h4,6-7,10H,5,8-9,16H2,1-3H3. The van der Waals surface area contributed by atoms with Crippen molar-refractivity contribution in [3.63, 3.8) is 0 Å². The van der Waals surface area contributed by atoms with Crippen LogP contribution in [0.3, 0.4) is 0 Å². The van der Waals surface area contributed by atoms with E-state index < -0.39 is 5.82 Å². The van der Waals surface area contributed by atoms with Crippen molar-refractivity contribution in [2.24, 2.45) is 5.73 Å². The van der Waals surface area contributed by atoms with Gasteiger partial charge in [-0.1, -0.05) is 6.07 Å². The first-order chi connectivity index (χ1) is 9.02. The second-order valence-electron chi connectivity index (χ2n) is 4.55. The number of ether oxygens (including phenoxy) is 1. The fourth-order valence-electron chi connectivity index (χ4n) is 1.88. The summed E-state index contributed by atoms with van der Waals surface area (Å²) >= 11 is 0. The molecule has 0 spiro atoms. The van der Waals surface area contributed by atoms with Crippen molar-refractivity contribution in [2.75, 3.05) is 20.2 Å². The highest BCUT2D eigenvalue weighted by atomic mass is 19.1. The van der Waals surface area contributed by atoms with Gasteiger partial charge in [0, 0.05) is 12.6 Å². The van der Waals surface area contributed by atoms with Crippen LogP contribution in [-0.2, 0) is 0 Å². The van der Waals surface area contributed by atoms with E-state index in [1.807, 2.05) is 13.8 Å². The molecule has 0 saturated heterocycles. The molecule has 0 heterocycles. The van der Waals surface area contributed by atoms with Gasteiger partial charge in [0.05, 0.1) is 7.11 Å². The number of hydrogen-bond acceptors (Lipinski definition) is 3. The summed E-state index contributed by atoms with van der Waals surface area (Å²) < 4.78 is 19.0. The van der Waals surface area contributed by atoms with Crippen LogP contribution in [0.25, 0.3) is 0 Å². The second-order valence-corrected chi connectivity index (χ2v) is 4.55. The normalized spacial score (nSPS) is 10.6. The Kier molecular flexibility index (Phi) is 5.76. The van der Waals surface area contributed by atoms with Crippen molar-refractivity contribution in [2.45, 2.75) is 26.3 Å². The van der Waals surface area contributed by atoms with Crippen LogP contribution in [0.5, 0.6) is 5.75 Å². The Labute approximate surface area is 113 Å². The molecule has 106 valence electrons. The fourth-order valence-corrected chi connectivity index (χ4v) is 1.88. The van der Waals surface area contributed by atoms with E-state index in [0.29, 0.717) is 19.5 Å². The van der Waals surface area contributed by atoms with Crippen LogP contribution in [0.1, 0.15) is 30.6 Å². The molecule has 19 heavy (non-hydrogen) atoms. The van der Waals surface area contributed by atoms with Gasteiger partial charge in [0.15, 0.2) is 0 Å². The van der Waals surface area contributed by atoms with Crippen LogP contribution >= 0.6 is 0 Å². The maximum absolute atomic E-state index is 13.9. The molecule has 1 amide bonds. The van der Waals surface area contributed by atoms with Gasteiger partial charge in [-0.25, -0.2) is 4.39 Å². The van der Waals surface area contributed by atoms with Crippen molar-refractivity contribution >= 4 is 5.91 Å². The zero-order valence-corrected chi connectivity index (χ0v) is 11.6.